The Morgan fingerprint density at radius 3 is 3.10 bits per heavy atom. The topological polar surface area (TPSA) is 61.8 Å². The lowest BCUT2D eigenvalue weighted by atomic mass is 9.98. The molecule has 0 spiro atoms. The van der Waals surface area contributed by atoms with Gasteiger partial charge in [0.05, 0.1) is 12.5 Å². The van der Waals surface area contributed by atoms with Crippen LogP contribution in [0.2, 0.25) is 0 Å². The average Bonchev–Trinajstić information content (AvgIpc) is 2.38. The second kappa shape index (κ2) is 3.55. The van der Waals surface area contributed by atoms with Gasteiger partial charge in [-0.1, -0.05) is 0 Å². The van der Waals surface area contributed by atoms with Crippen molar-refractivity contribution in [2.45, 2.75) is 18.9 Å². The molecule has 0 saturated carbocycles. The van der Waals surface area contributed by atoms with E-state index in [0.29, 0.717) is 12.3 Å². The van der Waals surface area contributed by atoms with Crippen LogP contribution < -0.4 is 11.1 Å². The molecule has 1 aliphatic rings. The molecule has 3 N–H and O–H groups in total. The third kappa shape index (κ3) is 1.69. The van der Waals surface area contributed by atoms with Gasteiger partial charge in [-0.15, -0.1) is 0 Å². The lowest BCUT2D eigenvalue weighted by Crippen LogP contribution is -2.30. The third-order valence-corrected chi connectivity index (χ3v) is 2.03. The van der Waals surface area contributed by atoms with Crippen molar-refractivity contribution in [3.63, 3.8) is 0 Å². The highest BCUT2D eigenvalue weighted by Gasteiger charge is 2.20. The van der Waals surface area contributed by atoms with Crippen LogP contribution in [-0.2, 0) is 0 Å². The maximum atomic E-state index is 8.35. The first-order chi connectivity index (χ1) is 4.84. The highest BCUT2D eigenvalue weighted by molar-refractivity contribution is 4.87. The standard InChI is InChI=1S/C7H13N3/c8-3-1-7(9)6-2-4-10-5-6/h6-7,10H,1-2,4-5,9H2. The lowest BCUT2D eigenvalue weighted by molar-refractivity contribution is 0.460. The van der Waals surface area contributed by atoms with Gasteiger partial charge in [0.25, 0.3) is 0 Å². The molecular weight excluding hydrogens is 126 g/mol. The minimum atomic E-state index is 0.0833. The smallest absolute Gasteiger partial charge is 0.0638 e. The Kier molecular flexibility index (Phi) is 2.67. The Bertz CT molecular complexity index is 132. The molecule has 0 bridgehead atoms. The summed E-state index contributed by atoms with van der Waals surface area (Å²) in [5.41, 5.74) is 5.73. The van der Waals surface area contributed by atoms with E-state index in [9.17, 15) is 0 Å². The molecule has 0 radical (unpaired) electrons. The number of nitrogens with zero attached hydrogens (tertiary/aromatic N) is 1. The molecule has 0 aromatic rings. The van der Waals surface area contributed by atoms with Crippen molar-refractivity contribution >= 4 is 0 Å². The summed E-state index contributed by atoms with van der Waals surface area (Å²) in [5.74, 6) is 0.527. The van der Waals surface area contributed by atoms with Crippen molar-refractivity contribution < 1.29 is 0 Å². The molecule has 2 atom stereocenters. The summed E-state index contributed by atoms with van der Waals surface area (Å²) in [7, 11) is 0. The van der Waals surface area contributed by atoms with Crippen molar-refractivity contribution in [2.75, 3.05) is 13.1 Å². The van der Waals surface area contributed by atoms with E-state index in [4.69, 9.17) is 11.0 Å². The molecule has 0 aliphatic carbocycles. The van der Waals surface area contributed by atoms with E-state index in [2.05, 4.69) is 11.4 Å². The fourth-order valence-electron chi connectivity index (χ4n) is 1.31. The van der Waals surface area contributed by atoms with Crippen LogP contribution in [0.3, 0.4) is 0 Å². The van der Waals surface area contributed by atoms with Crippen LogP contribution in [0.25, 0.3) is 0 Å². The summed E-state index contributed by atoms with van der Waals surface area (Å²) in [6, 6.07) is 2.17. The molecule has 0 aromatic carbocycles. The lowest BCUT2D eigenvalue weighted by Gasteiger charge is -2.13. The van der Waals surface area contributed by atoms with Crippen LogP contribution in [0.5, 0.6) is 0 Å². The fraction of sp³-hybridized carbons (Fsp3) is 0.857. The Morgan fingerprint density at radius 2 is 2.60 bits per heavy atom. The predicted molar refractivity (Wildman–Crippen MR) is 39.2 cm³/mol. The normalized spacial score (nSPS) is 27.8. The molecule has 1 saturated heterocycles. The van der Waals surface area contributed by atoms with Crippen molar-refractivity contribution in [3.05, 3.63) is 0 Å². The maximum Gasteiger partial charge on any atom is 0.0638 e. The fourth-order valence-corrected chi connectivity index (χ4v) is 1.31. The number of nitrogens with one attached hydrogen (secondary N) is 1. The first kappa shape index (κ1) is 7.52. The SMILES string of the molecule is N#CCC(N)C1CCNC1. The largest absolute Gasteiger partial charge is 0.326 e. The number of hydrogen-bond acceptors (Lipinski definition) is 3. The van der Waals surface area contributed by atoms with Crippen LogP contribution in [0.15, 0.2) is 0 Å². The van der Waals surface area contributed by atoms with Gasteiger partial charge in [0, 0.05) is 6.04 Å². The predicted octanol–water partition coefficient (Wildman–Crippen LogP) is -0.163. The van der Waals surface area contributed by atoms with E-state index in [0.717, 1.165) is 19.5 Å². The van der Waals surface area contributed by atoms with E-state index < -0.39 is 0 Å². The summed E-state index contributed by atoms with van der Waals surface area (Å²) in [6.45, 7) is 2.05. The molecule has 10 heavy (non-hydrogen) atoms. The zero-order chi connectivity index (χ0) is 7.40. The van der Waals surface area contributed by atoms with Gasteiger partial charge in [-0.05, 0) is 25.4 Å². The third-order valence-electron chi connectivity index (χ3n) is 2.03. The van der Waals surface area contributed by atoms with Crippen LogP contribution in [-0.4, -0.2) is 19.1 Å². The number of hydrogen-bond donors (Lipinski definition) is 2. The molecule has 0 aromatic heterocycles. The molecule has 1 aliphatic heterocycles. The first-order valence-electron chi connectivity index (χ1n) is 3.68. The van der Waals surface area contributed by atoms with E-state index in [1.807, 2.05) is 0 Å². The minimum Gasteiger partial charge on any atom is -0.326 e. The Labute approximate surface area is 61.2 Å². The number of nitriles is 1. The Balaban J connectivity index is 2.26. The quantitative estimate of drug-likeness (QED) is 0.558. The molecule has 1 heterocycles. The van der Waals surface area contributed by atoms with E-state index >= 15 is 0 Å². The highest BCUT2D eigenvalue weighted by atomic mass is 14.9. The van der Waals surface area contributed by atoms with Gasteiger partial charge in [-0.2, -0.15) is 5.26 Å². The van der Waals surface area contributed by atoms with Gasteiger partial charge in [-0.3, -0.25) is 0 Å². The van der Waals surface area contributed by atoms with Crippen molar-refractivity contribution in [2.24, 2.45) is 11.7 Å². The zero-order valence-electron chi connectivity index (χ0n) is 6.01. The van der Waals surface area contributed by atoms with Gasteiger partial charge in [0.1, 0.15) is 0 Å². The van der Waals surface area contributed by atoms with Gasteiger partial charge in [-0.25, -0.2) is 0 Å². The average molecular weight is 139 g/mol. The molecule has 3 nitrogen and oxygen atoms in total. The van der Waals surface area contributed by atoms with Crippen LogP contribution in [0, 0.1) is 17.2 Å². The summed E-state index contributed by atoms with van der Waals surface area (Å²) in [4.78, 5) is 0. The zero-order valence-corrected chi connectivity index (χ0v) is 6.01. The van der Waals surface area contributed by atoms with Gasteiger partial charge in [0.2, 0.25) is 0 Å². The highest BCUT2D eigenvalue weighted by Crippen LogP contribution is 2.12. The minimum absolute atomic E-state index is 0.0833. The summed E-state index contributed by atoms with van der Waals surface area (Å²) in [6.07, 6.45) is 1.62. The monoisotopic (exact) mass is 139 g/mol. The molecule has 1 rings (SSSR count). The second-order valence-corrected chi connectivity index (χ2v) is 2.78. The molecule has 3 heteroatoms. The second-order valence-electron chi connectivity index (χ2n) is 2.78. The Hall–Kier alpha value is -0.590. The molecule has 2 unspecified atom stereocenters. The van der Waals surface area contributed by atoms with Crippen LogP contribution in [0.1, 0.15) is 12.8 Å². The summed E-state index contributed by atoms with van der Waals surface area (Å²) in [5, 5.41) is 11.6. The van der Waals surface area contributed by atoms with Crippen LogP contribution in [0.4, 0.5) is 0 Å². The maximum absolute atomic E-state index is 8.35. The summed E-state index contributed by atoms with van der Waals surface area (Å²) < 4.78 is 0. The molecule has 56 valence electrons. The number of nitrogens with two attached hydrogens (primary N) is 1. The first-order valence-corrected chi connectivity index (χ1v) is 3.68. The van der Waals surface area contributed by atoms with Crippen molar-refractivity contribution in [1.29, 1.82) is 5.26 Å². The van der Waals surface area contributed by atoms with E-state index in [-0.39, 0.29) is 6.04 Å². The van der Waals surface area contributed by atoms with E-state index in [1.54, 1.807) is 0 Å². The molecule has 0 amide bonds. The van der Waals surface area contributed by atoms with Gasteiger partial charge >= 0.3 is 0 Å². The molecular formula is C7H13N3. The van der Waals surface area contributed by atoms with Gasteiger partial charge in [0.15, 0.2) is 0 Å². The Morgan fingerprint density at radius 1 is 1.80 bits per heavy atom. The number of rotatable bonds is 2. The van der Waals surface area contributed by atoms with Crippen molar-refractivity contribution in [3.8, 4) is 6.07 Å². The van der Waals surface area contributed by atoms with Gasteiger partial charge < -0.3 is 11.1 Å². The van der Waals surface area contributed by atoms with Crippen molar-refractivity contribution in [1.82, 2.24) is 5.32 Å². The van der Waals surface area contributed by atoms with Crippen LogP contribution >= 0.6 is 0 Å². The molecule has 1 fully saturated rings. The summed E-state index contributed by atoms with van der Waals surface area (Å²) >= 11 is 0. The van der Waals surface area contributed by atoms with E-state index in [1.165, 1.54) is 0 Å².